The zero-order chi connectivity index (χ0) is 47.1. The summed E-state index contributed by atoms with van der Waals surface area (Å²) in [5, 5.41) is 25.0. The van der Waals surface area contributed by atoms with E-state index in [-0.39, 0.29) is 0 Å². The van der Waals surface area contributed by atoms with Crippen molar-refractivity contribution in [1.82, 2.24) is 20.0 Å². The number of carboxylic acid groups (broad SMARTS) is 2. The Morgan fingerprint density at radius 2 is 1.55 bits per heavy atom. The van der Waals surface area contributed by atoms with Gasteiger partial charge in [-0.2, -0.15) is 26.3 Å². The van der Waals surface area contributed by atoms with Gasteiger partial charge in [0.1, 0.15) is 0 Å². The highest BCUT2D eigenvalue weighted by molar-refractivity contribution is 6.31. The molecule has 3 aliphatic rings. The molecule has 1 unspecified atom stereocenters. The summed E-state index contributed by atoms with van der Waals surface area (Å²) < 4.78 is 76.8. The molecule has 0 saturated carbocycles. The molecule has 3 heterocycles. The number of aliphatic carboxylic acids is 2. The number of methoxy groups -OCH3 is 2. The second-order valence-corrected chi connectivity index (χ2v) is 16.5. The molecule has 1 aliphatic heterocycles. The Bertz CT molecular complexity index is 2470. The fourth-order valence-corrected chi connectivity index (χ4v) is 9.05. The molecule has 5 aromatic rings. The minimum atomic E-state index is -5.08. The normalized spacial score (nSPS) is 17.6. The number of benzene rings is 3. The first-order valence-electron chi connectivity index (χ1n) is 21.0. The van der Waals surface area contributed by atoms with Gasteiger partial charge in [-0.05, 0) is 111 Å². The van der Waals surface area contributed by atoms with Crippen LogP contribution in [0.15, 0.2) is 78.5 Å². The third-order valence-corrected chi connectivity index (χ3v) is 12.0. The van der Waals surface area contributed by atoms with Gasteiger partial charge in [-0.3, -0.25) is 9.67 Å². The molecule has 19 heteroatoms. The van der Waals surface area contributed by atoms with Crippen LogP contribution in [-0.4, -0.2) is 75.2 Å². The summed E-state index contributed by atoms with van der Waals surface area (Å²) in [6, 6.07) is 21.3. The van der Waals surface area contributed by atoms with Gasteiger partial charge in [-0.15, -0.1) is 5.10 Å². The lowest BCUT2D eigenvalue weighted by Gasteiger charge is -2.40. The van der Waals surface area contributed by atoms with E-state index in [4.69, 9.17) is 51.6 Å². The summed E-state index contributed by atoms with van der Waals surface area (Å²) in [6.07, 6.45) is 5.00. The third-order valence-electron chi connectivity index (χ3n) is 11.7. The van der Waals surface area contributed by atoms with Crippen LogP contribution in [0.2, 0.25) is 5.02 Å². The number of aryl methyl sites for hydroxylation is 3. The first-order valence-corrected chi connectivity index (χ1v) is 21.4. The van der Waals surface area contributed by atoms with E-state index in [2.05, 4.69) is 69.9 Å². The molecule has 348 valence electrons. The summed E-state index contributed by atoms with van der Waals surface area (Å²) in [5.41, 5.74) is 17.5. The van der Waals surface area contributed by atoms with Gasteiger partial charge in [-0.25, -0.2) is 9.59 Å². The number of rotatable bonds is 12. The summed E-state index contributed by atoms with van der Waals surface area (Å²) in [7, 11) is 3.41. The molecule has 2 aromatic heterocycles. The van der Waals surface area contributed by atoms with Gasteiger partial charge in [-0.1, -0.05) is 58.8 Å². The third kappa shape index (κ3) is 12.2. The van der Waals surface area contributed by atoms with E-state index in [0.29, 0.717) is 22.9 Å². The van der Waals surface area contributed by atoms with Gasteiger partial charge in [0.15, 0.2) is 11.5 Å². The molecule has 2 aliphatic carbocycles. The van der Waals surface area contributed by atoms with Gasteiger partial charge < -0.3 is 30.3 Å². The summed E-state index contributed by atoms with van der Waals surface area (Å²) in [6.45, 7) is 1.81. The number of nitrogens with zero attached hydrogens (tertiary/aromatic N) is 5. The van der Waals surface area contributed by atoms with Crippen molar-refractivity contribution in [3.05, 3.63) is 112 Å². The van der Waals surface area contributed by atoms with Crippen molar-refractivity contribution in [2.24, 2.45) is 5.92 Å². The molecule has 4 N–H and O–H groups in total. The fraction of sp³-hybridized carbons (Fsp3) is 0.413. The molecule has 3 atom stereocenters. The summed E-state index contributed by atoms with van der Waals surface area (Å²) in [5.74, 6) is -2.96. The lowest BCUT2D eigenvalue weighted by atomic mass is 9.70. The maximum Gasteiger partial charge on any atom is 0.490 e. The van der Waals surface area contributed by atoms with Gasteiger partial charge in [0.05, 0.1) is 31.5 Å². The number of aromatic nitrogens is 4. The first kappa shape index (κ1) is 48.4. The Kier molecular flexibility index (Phi) is 15.5. The van der Waals surface area contributed by atoms with Crippen molar-refractivity contribution in [1.29, 1.82) is 0 Å². The molecular weight excluding hydrogens is 882 g/mol. The highest BCUT2D eigenvalue weighted by atomic mass is 35.5. The van der Waals surface area contributed by atoms with E-state index < -0.39 is 24.3 Å². The molecule has 8 rings (SSSR count). The predicted octanol–water partition coefficient (Wildman–Crippen LogP) is 10.3. The number of hydrogen-bond donors (Lipinski definition) is 3. The summed E-state index contributed by atoms with van der Waals surface area (Å²) >= 11 is 6.26. The number of fused-ring (bicyclic) bond motifs is 6. The fourth-order valence-electron chi connectivity index (χ4n) is 8.88. The quantitative estimate of drug-likeness (QED) is 0.0619. The Morgan fingerprint density at radius 1 is 0.877 bits per heavy atom. The first-order chi connectivity index (χ1) is 30.9. The largest absolute Gasteiger partial charge is 0.493 e. The number of nitrogen functional groups attached to an aromatic ring is 1. The second-order valence-electron chi connectivity index (χ2n) is 16.1. The number of carbonyl (C=O) groups is 2. The van der Waals surface area contributed by atoms with Gasteiger partial charge in [0, 0.05) is 58.4 Å². The number of carboxylic acids is 2. The van der Waals surface area contributed by atoms with Crippen molar-refractivity contribution in [2.45, 2.75) is 95.1 Å². The number of alkyl halides is 6. The molecule has 2 bridgehead atoms. The second kappa shape index (κ2) is 20.9. The van der Waals surface area contributed by atoms with Crippen molar-refractivity contribution >= 4 is 45.8 Å². The van der Waals surface area contributed by atoms with E-state index in [1.807, 2.05) is 22.9 Å². The Labute approximate surface area is 376 Å². The van der Waals surface area contributed by atoms with Crippen LogP contribution >= 0.6 is 11.6 Å². The molecule has 0 spiro atoms. The monoisotopic (exact) mass is 930 g/mol. The molecule has 0 radical (unpaired) electrons. The molecule has 12 nitrogen and oxygen atoms in total. The Morgan fingerprint density at radius 3 is 2.22 bits per heavy atom. The maximum absolute atomic E-state index is 10.6. The zero-order valence-corrected chi connectivity index (χ0v) is 36.4. The van der Waals surface area contributed by atoms with Crippen LogP contribution in [0.1, 0.15) is 85.0 Å². The molecule has 3 aromatic carbocycles. The van der Waals surface area contributed by atoms with Crippen molar-refractivity contribution in [3.63, 3.8) is 0 Å². The smallest absolute Gasteiger partial charge is 0.490 e. The number of nitrogens with two attached hydrogens (primary N) is 1. The van der Waals surface area contributed by atoms with Gasteiger partial charge >= 0.3 is 24.3 Å². The van der Waals surface area contributed by atoms with Crippen molar-refractivity contribution in [3.8, 4) is 11.5 Å². The SMILES string of the molecule is COc1cc2c(cc1OC)N(CCCc1cn(CCCCC3=C[C@H]4Cc5nc6cc(Cl)ccc6c(N)c5[C@H](C3)C4)nn1)C(c1ccccc1)CC2.O=C(O)C(F)(F)F.O=C(O)C(F)(F)F. The standard InChI is InChI=1S/C42H47ClN6O2.2C2HF3O2/c1-50-39-23-30-13-16-37(29-10-4-3-5-11-29)49(38(30)25-40(39)51-2)18-8-12-33-26-48(47-46-33)17-7-6-9-27-19-28-21-31(20-27)41-36(22-28)45-35-24-32(43)14-15-34(35)42(41)44;2*3-2(4,5)1(6)7/h3-5,10-11,14-15,19,23-26,28,31,37H,6-9,12-13,16-18,20-22H2,1-2H3,(H2,44,45);2*(H,6,7)/t28-,31-,37?;;/m1../s1. The highest BCUT2D eigenvalue weighted by Gasteiger charge is 2.39. The average molecular weight is 931 g/mol. The van der Waals surface area contributed by atoms with Crippen LogP contribution in [0.25, 0.3) is 10.9 Å². The van der Waals surface area contributed by atoms with Crippen LogP contribution in [0.3, 0.4) is 0 Å². The van der Waals surface area contributed by atoms with E-state index in [1.54, 1.807) is 19.8 Å². The predicted molar refractivity (Wildman–Crippen MR) is 232 cm³/mol. The number of pyridine rings is 1. The van der Waals surface area contributed by atoms with Crippen LogP contribution in [0.5, 0.6) is 11.5 Å². The zero-order valence-electron chi connectivity index (χ0n) is 35.6. The number of hydrogen-bond acceptors (Lipinski definition) is 9. The van der Waals surface area contributed by atoms with E-state index in [9.17, 15) is 26.3 Å². The molecular formula is C46H49ClF6N6O6. The maximum atomic E-state index is 10.6. The average Bonchev–Trinajstić information content (AvgIpc) is 3.71. The van der Waals surface area contributed by atoms with Gasteiger partial charge in [0.25, 0.3) is 0 Å². The minimum Gasteiger partial charge on any atom is -0.493 e. The number of halogens is 7. The molecule has 0 fully saturated rings. The Balaban J connectivity index is 0.000000435. The van der Waals surface area contributed by atoms with Crippen molar-refractivity contribution < 1.29 is 55.6 Å². The van der Waals surface area contributed by atoms with E-state index in [0.717, 1.165) is 105 Å². The highest BCUT2D eigenvalue weighted by Crippen LogP contribution is 2.48. The number of allylic oxidation sites excluding steroid dienone is 2. The number of ether oxygens (including phenoxy) is 2. The number of anilines is 2. The lowest BCUT2D eigenvalue weighted by Crippen LogP contribution is -2.34. The molecule has 0 saturated heterocycles. The van der Waals surface area contributed by atoms with Crippen LogP contribution in [-0.2, 0) is 35.4 Å². The van der Waals surface area contributed by atoms with Crippen LogP contribution in [0.4, 0.5) is 37.7 Å². The molecule has 0 amide bonds. The Hall–Kier alpha value is -6.04. The molecule has 65 heavy (non-hydrogen) atoms. The van der Waals surface area contributed by atoms with E-state index >= 15 is 0 Å². The summed E-state index contributed by atoms with van der Waals surface area (Å²) in [4.78, 5) is 25.4. The van der Waals surface area contributed by atoms with Crippen molar-refractivity contribution in [2.75, 3.05) is 31.4 Å². The lowest BCUT2D eigenvalue weighted by molar-refractivity contribution is -0.193. The minimum absolute atomic E-state index is 0.314. The number of unbranched alkanes of at least 4 members (excludes halogenated alkanes) is 1. The topological polar surface area (TPSA) is 166 Å². The van der Waals surface area contributed by atoms with Crippen LogP contribution in [0, 0.1) is 5.92 Å². The van der Waals surface area contributed by atoms with Gasteiger partial charge in [0.2, 0.25) is 0 Å². The van der Waals surface area contributed by atoms with Crippen LogP contribution < -0.4 is 20.1 Å². The van der Waals surface area contributed by atoms with E-state index in [1.165, 1.54) is 34.5 Å².